The zero-order chi connectivity index (χ0) is 13.4. The summed E-state index contributed by atoms with van der Waals surface area (Å²) in [6, 6.07) is 2.56. The van der Waals surface area contributed by atoms with Crippen molar-refractivity contribution in [3.63, 3.8) is 0 Å². The SMILES string of the molecule is CCC1CCCC(n2c(=S)[nH]c3c(C)ccnc32)C1. The fourth-order valence-electron chi connectivity index (χ4n) is 3.35. The van der Waals surface area contributed by atoms with Crippen molar-refractivity contribution >= 4 is 23.4 Å². The number of aromatic amines is 1. The van der Waals surface area contributed by atoms with Crippen LogP contribution in [0.4, 0.5) is 0 Å². The van der Waals surface area contributed by atoms with E-state index in [1.54, 1.807) is 0 Å². The number of H-pyrrole nitrogens is 1. The molecule has 3 rings (SSSR count). The molecule has 2 aromatic heterocycles. The van der Waals surface area contributed by atoms with Crippen LogP contribution in [-0.4, -0.2) is 14.5 Å². The van der Waals surface area contributed by atoms with Gasteiger partial charge in [0.15, 0.2) is 10.4 Å². The van der Waals surface area contributed by atoms with Gasteiger partial charge in [0, 0.05) is 12.2 Å². The summed E-state index contributed by atoms with van der Waals surface area (Å²) in [4.78, 5) is 7.89. The third-order valence-electron chi connectivity index (χ3n) is 4.52. The third kappa shape index (κ3) is 2.22. The molecule has 0 radical (unpaired) electrons. The first kappa shape index (κ1) is 12.9. The van der Waals surface area contributed by atoms with Crippen LogP contribution in [0.2, 0.25) is 0 Å². The number of hydrogen-bond donors (Lipinski definition) is 1. The summed E-state index contributed by atoms with van der Waals surface area (Å²) in [7, 11) is 0. The zero-order valence-corrected chi connectivity index (χ0v) is 12.5. The molecule has 0 aromatic carbocycles. The minimum absolute atomic E-state index is 0.522. The molecule has 102 valence electrons. The van der Waals surface area contributed by atoms with Gasteiger partial charge in [0.05, 0.1) is 5.52 Å². The van der Waals surface area contributed by atoms with Crippen molar-refractivity contribution in [2.75, 3.05) is 0 Å². The second kappa shape index (κ2) is 5.08. The van der Waals surface area contributed by atoms with Crippen LogP contribution >= 0.6 is 12.2 Å². The van der Waals surface area contributed by atoms with Gasteiger partial charge >= 0.3 is 0 Å². The third-order valence-corrected chi connectivity index (χ3v) is 4.81. The van der Waals surface area contributed by atoms with E-state index in [1.807, 2.05) is 12.3 Å². The minimum atomic E-state index is 0.522. The lowest BCUT2D eigenvalue weighted by atomic mass is 9.84. The van der Waals surface area contributed by atoms with Gasteiger partial charge < -0.3 is 4.98 Å². The van der Waals surface area contributed by atoms with Gasteiger partial charge in [0.25, 0.3) is 0 Å². The van der Waals surface area contributed by atoms with Gasteiger partial charge in [-0.25, -0.2) is 4.98 Å². The first-order valence-corrected chi connectivity index (χ1v) is 7.67. The van der Waals surface area contributed by atoms with E-state index in [4.69, 9.17) is 12.2 Å². The number of imidazole rings is 1. The van der Waals surface area contributed by atoms with Crippen LogP contribution in [0, 0.1) is 17.6 Å². The maximum absolute atomic E-state index is 5.54. The van der Waals surface area contributed by atoms with Crippen LogP contribution in [0.5, 0.6) is 0 Å². The van der Waals surface area contributed by atoms with Crippen molar-refractivity contribution in [3.8, 4) is 0 Å². The highest BCUT2D eigenvalue weighted by molar-refractivity contribution is 7.71. The van der Waals surface area contributed by atoms with Gasteiger partial charge in [-0.15, -0.1) is 0 Å². The van der Waals surface area contributed by atoms with E-state index in [0.29, 0.717) is 6.04 Å². The number of rotatable bonds is 2. The van der Waals surface area contributed by atoms with Crippen molar-refractivity contribution in [2.24, 2.45) is 5.92 Å². The number of aromatic nitrogens is 3. The molecular formula is C15H21N3S. The van der Waals surface area contributed by atoms with E-state index in [-0.39, 0.29) is 0 Å². The van der Waals surface area contributed by atoms with Gasteiger partial charge in [0.1, 0.15) is 0 Å². The molecule has 4 heteroatoms. The fraction of sp³-hybridized carbons (Fsp3) is 0.600. The van der Waals surface area contributed by atoms with Crippen molar-refractivity contribution in [1.29, 1.82) is 0 Å². The number of nitrogens with zero attached hydrogens (tertiary/aromatic N) is 2. The van der Waals surface area contributed by atoms with Crippen LogP contribution in [0.15, 0.2) is 12.3 Å². The summed E-state index contributed by atoms with van der Waals surface area (Å²) >= 11 is 5.54. The molecule has 0 amide bonds. The number of aryl methyl sites for hydroxylation is 1. The number of nitrogens with one attached hydrogen (secondary N) is 1. The maximum Gasteiger partial charge on any atom is 0.179 e. The average Bonchev–Trinajstić information content (AvgIpc) is 2.77. The second-order valence-electron chi connectivity index (χ2n) is 5.72. The van der Waals surface area contributed by atoms with E-state index in [1.165, 1.54) is 37.7 Å². The highest BCUT2D eigenvalue weighted by Crippen LogP contribution is 2.36. The van der Waals surface area contributed by atoms with Crippen molar-refractivity contribution in [1.82, 2.24) is 14.5 Å². The summed E-state index contributed by atoms with van der Waals surface area (Å²) < 4.78 is 3.10. The smallest absolute Gasteiger partial charge is 0.179 e. The first-order chi connectivity index (χ1) is 9.20. The average molecular weight is 275 g/mol. The van der Waals surface area contributed by atoms with Gasteiger partial charge in [-0.2, -0.15) is 0 Å². The summed E-state index contributed by atoms with van der Waals surface area (Å²) in [6.45, 7) is 4.40. The summed E-state index contributed by atoms with van der Waals surface area (Å²) in [5, 5.41) is 0. The largest absolute Gasteiger partial charge is 0.329 e. The molecule has 3 nitrogen and oxygen atoms in total. The Morgan fingerprint density at radius 1 is 1.47 bits per heavy atom. The van der Waals surface area contributed by atoms with Crippen LogP contribution in [0.3, 0.4) is 0 Å². The Hall–Kier alpha value is -1.16. The Kier molecular flexibility index (Phi) is 3.44. The van der Waals surface area contributed by atoms with E-state index in [9.17, 15) is 0 Å². The quantitative estimate of drug-likeness (QED) is 0.816. The van der Waals surface area contributed by atoms with Crippen molar-refractivity contribution < 1.29 is 0 Å². The molecule has 19 heavy (non-hydrogen) atoms. The van der Waals surface area contributed by atoms with Crippen molar-refractivity contribution in [3.05, 3.63) is 22.6 Å². The molecule has 2 unspecified atom stereocenters. The molecule has 1 saturated carbocycles. The summed E-state index contributed by atoms with van der Waals surface area (Å²) in [5.41, 5.74) is 3.36. The topological polar surface area (TPSA) is 33.6 Å². The lowest BCUT2D eigenvalue weighted by molar-refractivity contribution is 0.263. The zero-order valence-electron chi connectivity index (χ0n) is 11.6. The summed E-state index contributed by atoms with van der Waals surface area (Å²) in [5.74, 6) is 0.843. The summed E-state index contributed by atoms with van der Waals surface area (Å²) in [6.07, 6.45) is 8.31. The van der Waals surface area contributed by atoms with E-state index in [2.05, 4.69) is 28.4 Å². The molecule has 2 heterocycles. The molecule has 1 aliphatic carbocycles. The predicted molar refractivity (Wildman–Crippen MR) is 80.9 cm³/mol. The second-order valence-corrected chi connectivity index (χ2v) is 6.11. The number of hydrogen-bond acceptors (Lipinski definition) is 2. The molecule has 0 aliphatic heterocycles. The molecule has 1 aliphatic rings. The van der Waals surface area contributed by atoms with E-state index in [0.717, 1.165) is 21.9 Å². The number of pyridine rings is 1. The van der Waals surface area contributed by atoms with Gasteiger partial charge in [-0.1, -0.05) is 26.2 Å². The van der Waals surface area contributed by atoms with Crippen LogP contribution < -0.4 is 0 Å². The first-order valence-electron chi connectivity index (χ1n) is 7.26. The van der Waals surface area contributed by atoms with E-state index >= 15 is 0 Å². The molecule has 1 fully saturated rings. The van der Waals surface area contributed by atoms with Crippen molar-refractivity contribution in [2.45, 2.75) is 52.0 Å². The van der Waals surface area contributed by atoms with Gasteiger partial charge in [-0.05, 0) is 49.5 Å². The fourth-order valence-corrected chi connectivity index (χ4v) is 3.69. The van der Waals surface area contributed by atoms with Gasteiger partial charge in [0.2, 0.25) is 0 Å². The molecule has 1 N–H and O–H groups in total. The maximum atomic E-state index is 5.54. The highest BCUT2D eigenvalue weighted by Gasteiger charge is 2.24. The Morgan fingerprint density at radius 2 is 2.32 bits per heavy atom. The molecule has 2 aromatic rings. The minimum Gasteiger partial charge on any atom is -0.329 e. The Balaban J connectivity index is 2.07. The molecule has 0 bridgehead atoms. The molecule has 0 saturated heterocycles. The normalized spacial score (nSPS) is 23.9. The standard InChI is InChI=1S/C15H21N3S/c1-3-11-5-4-6-12(9-11)18-14-13(17-15(18)19)10(2)7-8-16-14/h7-8,11-12H,3-6,9H2,1-2H3,(H,17,19). The van der Waals surface area contributed by atoms with Crippen LogP contribution in [0.1, 0.15) is 50.6 Å². The Labute approximate surface area is 119 Å². The van der Waals surface area contributed by atoms with Crippen LogP contribution in [-0.2, 0) is 0 Å². The lowest BCUT2D eigenvalue weighted by Gasteiger charge is -2.29. The highest BCUT2D eigenvalue weighted by atomic mass is 32.1. The van der Waals surface area contributed by atoms with E-state index < -0.39 is 0 Å². The lowest BCUT2D eigenvalue weighted by Crippen LogP contribution is -2.19. The van der Waals surface area contributed by atoms with Gasteiger partial charge in [-0.3, -0.25) is 4.57 Å². The Bertz CT molecular complexity index is 640. The predicted octanol–water partition coefficient (Wildman–Crippen LogP) is 4.54. The molecule has 2 atom stereocenters. The number of fused-ring (bicyclic) bond motifs is 1. The Morgan fingerprint density at radius 3 is 3.11 bits per heavy atom. The molecule has 0 spiro atoms. The van der Waals surface area contributed by atoms with Crippen LogP contribution in [0.25, 0.3) is 11.2 Å². The monoisotopic (exact) mass is 275 g/mol. The molecular weight excluding hydrogens is 254 g/mol.